The van der Waals surface area contributed by atoms with Gasteiger partial charge >= 0.3 is 0 Å². The highest BCUT2D eigenvalue weighted by Gasteiger charge is 2.13. The molecule has 0 aliphatic carbocycles. The Morgan fingerprint density at radius 1 is 1.24 bits per heavy atom. The van der Waals surface area contributed by atoms with E-state index in [0.29, 0.717) is 12.6 Å². The van der Waals surface area contributed by atoms with Crippen LogP contribution in [0.1, 0.15) is 36.8 Å². The van der Waals surface area contributed by atoms with E-state index in [1.54, 1.807) is 11.3 Å². The monoisotopic (exact) mass is 323 g/mol. The molecule has 2 rings (SSSR count). The molecule has 0 amide bonds. The summed E-state index contributed by atoms with van der Waals surface area (Å²) in [6, 6.07) is 12.7. The van der Waals surface area contributed by atoms with Gasteiger partial charge in [0.2, 0.25) is 0 Å². The Balaban J connectivity index is 2.16. The zero-order valence-electron chi connectivity index (χ0n) is 12.6. The summed E-state index contributed by atoms with van der Waals surface area (Å²) in [5.74, 6) is 0.933. The molecule has 1 heterocycles. The third kappa shape index (κ3) is 5.03. The maximum absolute atomic E-state index is 6.04. The lowest BCUT2D eigenvalue weighted by atomic mass is 10.0. The van der Waals surface area contributed by atoms with Crippen molar-refractivity contribution >= 4 is 22.9 Å². The molecule has 0 radical (unpaired) electrons. The van der Waals surface area contributed by atoms with Gasteiger partial charge < -0.3 is 10.1 Å². The Hall–Kier alpha value is -1.03. The average molecular weight is 324 g/mol. The molecule has 0 spiro atoms. The van der Waals surface area contributed by atoms with Gasteiger partial charge in [-0.3, -0.25) is 0 Å². The highest BCUT2D eigenvalue weighted by Crippen LogP contribution is 2.28. The van der Waals surface area contributed by atoms with Crippen LogP contribution in [0, 0.1) is 0 Å². The van der Waals surface area contributed by atoms with Crippen molar-refractivity contribution in [2.45, 2.75) is 32.7 Å². The van der Waals surface area contributed by atoms with E-state index in [2.05, 4.69) is 36.5 Å². The number of rotatable bonds is 8. The highest BCUT2D eigenvalue weighted by molar-refractivity contribution is 7.16. The first-order valence-corrected chi connectivity index (χ1v) is 8.62. The fraction of sp³-hybridized carbons (Fsp3) is 0.412. The second-order valence-corrected chi connectivity index (χ2v) is 6.72. The van der Waals surface area contributed by atoms with E-state index < -0.39 is 0 Å². The van der Waals surface area contributed by atoms with Gasteiger partial charge in [-0.15, -0.1) is 11.3 Å². The number of benzene rings is 1. The Morgan fingerprint density at radius 2 is 2.10 bits per heavy atom. The van der Waals surface area contributed by atoms with Crippen LogP contribution >= 0.6 is 22.9 Å². The molecule has 2 nitrogen and oxygen atoms in total. The lowest BCUT2D eigenvalue weighted by Gasteiger charge is -2.19. The van der Waals surface area contributed by atoms with Crippen molar-refractivity contribution in [1.82, 2.24) is 5.32 Å². The van der Waals surface area contributed by atoms with E-state index in [1.807, 2.05) is 19.1 Å². The van der Waals surface area contributed by atoms with Gasteiger partial charge in [-0.2, -0.15) is 0 Å². The van der Waals surface area contributed by atoms with Crippen LogP contribution in [0.2, 0.25) is 4.34 Å². The first-order valence-electron chi connectivity index (χ1n) is 7.43. The van der Waals surface area contributed by atoms with Gasteiger partial charge in [0.05, 0.1) is 10.9 Å². The predicted molar refractivity (Wildman–Crippen MR) is 91.7 cm³/mol. The lowest BCUT2D eigenvalue weighted by molar-refractivity contribution is 0.339. The van der Waals surface area contributed by atoms with Gasteiger partial charge in [-0.05, 0) is 49.7 Å². The molecular weight excluding hydrogens is 302 g/mol. The average Bonchev–Trinajstić information content (AvgIpc) is 2.89. The van der Waals surface area contributed by atoms with Crippen molar-refractivity contribution in [1.29, 1.82) is 0 Å². The Labute approximate surface area is 136 Å². The van der Waals surface area contributed by atoms with Crippen LogP contribution in [0.25, 0.3) is 0 Å². The summed E-state index contributed by atoms with van der Waals surface area (Å²) < 4.78 is 6.46. The van der Waals surface area contributed by atoms with Gasteiger partial charge in [0.15, 0.2) is 0 Å². The number of ether oxygens (including phenoxy) is 1. The van der Waals surface area contributed by atoms with Crippen LogP contribution < -0.4 is 10.1 Å². The number of hydrogen-bond acceptors (Lipinski definition) is 3. The van der Waals surface area contributed by atoms with E-state index in [9.17, 15) is 0 Å². The topological polar surface area (TPSA) is 21.3 Å². The van der Waals surface area contributed by atoms with Crippen molar-refractivity contribution in [3.8, 4) is 5.75 Å². The van der Waals surface area contributed by atoms with Crippen molar-refractivity contribution in [2.24, 2.45) is 0 Å². The molecule has 0 aliphatic rings. The second-order valence-electron chi connectivity index (χ2n) is 4.92. The van der Waals surface area contributed by atoms with Gasteiger partial charge in [-0.25, -0.2) is 0 Å². The fourth-order valence-corrected chi connectivity index (χ4v) is 3.41. The molecule has 1 N–H and O–H groups in total. The molecule has 4 heteroatoms. The van der Waals surface area contributed by atoms with Crippen molar-refractivity contribution in [3.05, 3.63) is 51.2 Å². The van der Waals surface area contributed by atoms with Gasteiger partial charge in [0.1, 0.15) is 5.75 Å². The summed E-state index contributed by atoms with van der Waals surface area (Å²) in [7, 11) is 0. The van der Waals surface area contributed by atoms with Crippen LogP contribution in [0.3, 0.4) is 0 Å². The fourth-order valence-electron chi connectivity index (χ4n) is 2.28. The number of nitrogens with one attached hydrogen (secondary N) is 1. The summed E-state index contributed by atoms with van der Waals surface area (Å²) in [5, 5.41) is 3.62. The Bertz CT molecular complexity index is 555. The van der Waals surface area contributed by atoms with E-state index in [1.165, 1.54) is 10.4 Å². The molecule has 114 valence electrons. The van der Waals surface area contributed by atoms with Gasteiger partial charge in [0.25, 0.3) is 0 Å². The normalized spacial score (nSPS) is 12.3. The van der Waals surface area contributed by atoms with Crippen LogP contribution in [0.15, 0.2) is 36.4 Å². The summed E-state index contributed by atoms with van der Waals surface area (Å²) in [5.41, 5.74) is 1.26. The quantitative estimate of drug-likeness (QED) is 0.731. The van der Waals surface area contributed by atoms with Crippen molar-refractivity contribution in [2.75, 3.05) is 13.2 Å². The molecule has 1 aromatic carbocycles. The number of halogens is 1. The summed E-state index contributed by atoms with van der Waals surface area (Å²) in [6.45, 7) is 5.88. The zero-order valence-corrected chi connectivity index (χ0v) is 14.1. The first kappa shape index (κ1) is 16.3. The van der Waals surface area contributed by atoms with Crippen LogP contribution in [-0.4, -0.2) is 13.2 Å². The molecule has 0 fully saturated rings. The Morgan fingerprint density at radius 3 is 2.76 bits per heavy atom. The SMILES string of the molecule is CCCNC(Cc1ccc(Cl)s1)c1cccc(OCC)c1. The molecule has 0 aliphatic heterocycles. The molecule has 1 unspecified atom stereocenters. The largest absolute Gasteiger partial charge is 0.494 e. The van der Waals surface area contributed by atoms with E-state index in [4.69, 9.17) is 16.3 Å². The second kappa shape index (κ2) is 8.42. The smallest absolute Gasteiger partial charge is 0.119 e. The molecule has 2 aromatic rings. The molecule has 21 heavy (non-hydrogen) atoms. The molecule has 1 atom stereocenters. The maximum atomic E-state index is 6.04. The first-order chi connectivity index (χ1) is 10.2. The third-order valence-electron chi connectivity index (χ3n) is 3.25. The lowest BCUT2D eigenvalue weighted by Crippen LogP contribution is -2.23. The van der Waals surface area contributed by atoms with E-state index in [0.717, 1.165) is 29.5 Å². The van der Waals surface area contributed by atoms with Crippen LogP contribution in [0.5, 0.6) is 5.75 Å². The Kier molecular flexibility index (Phi) is 6.55. The minimum absolute atomic E-state index is 0.292. The van der Waals surface area contributed by atoms with Gasteiger partial charge in [-0.1, -0.05) is 30.7 Å². The number of thiophene rings is 1. The van der Waals surface area contributed by atoms with Crippen molar-refractivity contribution < 1.29 is 4.74 Å². The summed E-state index contributed by atoms with van der Waals surface area (Å²) in [6.07, 6.45) is 2.07. The highest BCUT2D eigenvalue weighted by atomic mass is 35.5. The molecule has 0 saturated heterocycles. The van der Waals surface area contributed by atoms with Crippen LogP contribution in [-0.2, 0) is 6.42 Å². The van der Waals surface area contributed by atoms with E-state index in [-0.39, 0.29) is 0 Å². The number of hydrogen-bond donors (Lipinski definition) is 1. The molecular formula is C17H22ClNOS. The minimum Gasteiger partial charge on any atom is -0.494 e. The minimum atomic E-state index is 0.292. The zero-order chi connectivity index (χ0) is 15.1. The third-order valence-corrected chi connectivity index (χ3v) is 4.50. The van der Waals surface area contributed by atoms with Crippen LogP contribution in [0.4, 0.5) is 0 Å². The maximum Gasteiger partial charge on any atom is 0.119 e. The van der Waals surface area contributed by atoms with Gasteiger partial charge in [0, 0.05) is 17.3 Å². The summed E-state index contributed by atoms with van der Waals surface area (Å²) in [4.78, 5) is 1.30. The molecule has 0 saturated carbocycles. The van der Waals surface area contributed by atoms with Crippen molar-refractivity contribution in [3.63, 3.8) is 0 Å². The predicted octanol–water partition coefficient (Wildman–Crippen LogP) is 5.08. The molecule has 1 aromatic heterocycles. The standard InChI is InChI=1S/C17H22ClNOS/c1-3-10-19-16(12-15-8-9-17(18)21-15)13-6-5-7-14(11-13)20-4-2/h5-9,11,16,19H,3-4,10,12H2,1-2H3. The van der Waals surface area contributed by atoms with E-state index >= 15 is 0 Å². The molecule has 0 bridgehead atoms. The summed E-state index contributed by atoms with van der Waals surface area (Å²) >= 11 is 7.69.